The molecule has 2 heterocycles. The Morgan fingerprint density at radius 1 is 1.09 bits per heavy atom. The van der Waals surface area contributed by atoms with E-state index in [-0.39, 0.29) is 5.54 Å². The van der Waals surface area contributed by atoms with Crippen molar-refractivity contribution in [3.63, 3.8) is 0 Å². The van der Waals surface area contributed by atoms with Crippen LogP contribution in [0.3, 0.4) is 0 Å². The van der Waals surface area contributed by atoms with Crippen molar-refractivity contribution in [3.05, 3.63) is 35.9 Å². The summed E-state index contributed by atoms with van der Waals surface area (Å²) in [6, 6.07) is 8.71. The molecule has 0 aromatic heterocycles. The van der Waals surface area contributed by atoms with Crippen LogP contribution in [0.4, 0.5) is 5.69 Å². The van der Waals surface area contributed by atoms with Crippen molar-refractivity contribution in [3.8, 4) is 0 Å². The smallest absolute Gasteiger partial charge is 0.243 e. The number of carbonyl (C=O) groups is 1. The van der Waals surface area contributed by atoms with Gasteiger partial charge in [-0.05, 0) is 43.2 Å². The van der Waals surface area contributed by atoms with Gasteiger partial charge in [-0.2, -0.15) is 0 Å². The lowest BCUT2D eigenvalue weighted by atomic mass is 9.89. The largest absolute Gasteiger partial charge is 0.281 e. The summed E-state index contributed by atoms with van der Waals surface area (Å²) in [6.07, 6.45) is 10.5. The molecule has 1 spiro atoms. The molecule has 3 fully saturated rings. The number of benzene rings is 1. The zero-order valence-electron chi connectivity index (χ0n) is 12.9. The summed E-state index contributed by atoms with van der Waals surface area (Å²) < 4.78 is 0. The molecule has 0 radical (unpaired) electrons. The molecule has 114 valence electrons. The van der Waals surface area contributed by atoms with E-state index < -0.39 is 0 Å². The van der Waals surface area contributed by atoms with E-state index in [0.717, 1.165) is 25.3 Å². The molecule has 0 atom stereocenters. The highest BCUT2D eigenvalue weighted by Gasteiger charge is 2.49. The van der Waals surface area contributed by atoms with Gasteiger partial charge in [-0.15, -0.1) is 0 Å². The van der Waals surface area contributed by atoms with Crippen molar-refractivity contribution in [2.45, 2.75) is 50.5 Å². The van der Waals surface area contributed by atoms with Gasteiger partial charge in [0.05, 0.1) is 11.2 Å². The van der Waals surface area contributed by atoms with Crippen molar-refractivity contribution in [2.75, 3.05) is 11.6 Å². The average molecular weight is 294 g/mol. The molecule has 2 saturated carbocycles. The Labute approximate surface area is 131 Å². The van der Waals surface area contributed by atoms with Crippen LogP contribution >= 0.6 is 0 Å². The maximum absolute atomic E-state index is 12.7. The number of para-hydroxylation sites is 1. The van der Waals surface area contributed by atoms with Crippen LogP contribution in [0.1, 0.15) is 50.5 Å². The van der Waals surface area contributed by atoms with Gasteiger partial charge in [0.2, 0.25) is 5.91 Å². The second kappa shape index (κ2) is 4.37. The first-order chi connectivity index (χ1) is 10.8. The number of nitrogens with zero attached hydrogens (tertiary/aromatic N) is 2. The minimum atomic E-state index is -0.0511. The zero-order valence-corrected chi connectivity index (χ0v) is 12.9. The summed E-state index contributed by atoms with van der Waals surface area (Å²) in [5.41, 5.74) is 4.08. The monoisotopic (exact) mass is 294 g/mol. The lowest BCUT2D eigenvalue weighted by Gasteiger charge is -2.41. The predicted molar refractivity (Wildman–Crippen MR) is 87.2 cm³/mol. The fourth-order valence-corrected chi connectivity index (χ4v) is 4.71. The normalized spacial score (nSPS) is 26.0. The summed E-state index contributed by atoms with van der Waals surface area (Å²) in [6.45, 7) is 0.837. The molecule has 3 heteroatoms. The third kappa shape index (κ3) is 1.65. The molecule has 2 aliphatic carbocycles. The molecule has 0 bridgehead atoms. The number of fused-ring (bicyclic) bond motifs is 4. The number of carbonyl (C=O) groups excluding carboxylic acids is 1. The summed E-state index contributed by atoms with van der Waals surface area (Å²) in [4.78, 5) is 12.7. The molecule has 5 rings (SSSR count). The predicted octanol–water partition coefficient (Wildman–Crippen LogP) is 3.76. The molecule has 4 aliphatic rings. The van der Waals surface area contributed by atoms with Gasteiger partial charge in [0.25, 0.3) is 0 Å². The van der Waals surface area contributed by atoms with Gasteiger partial charge < -0.3 is 0 Å². The summed E-state index contributed by atoms with van der Waals surface area (Å²) in [5, 5.41) is 4.42. The minimum Gasteiger partial charge on any atom is -0.281 e. The van der Waals surface area contributed by atoms with Crippen LogP contribution in [0.5, 0.6) is 0 Å². The van der Waals surface area contributed by atoms with Crippen LogP contribution in [0, 0.1) is 5.92 Å². The van der Waals surface area contributed by atoms with Gasteiger partial charge in [-0.1, -0.05) is 37.1 Å². The first-order valence-electron chi connectivity index (χ1n) is 8.71. The van der Waals surface area contributed by atoms with Crippen molar-refractivity contribution >= 4 is 17.2 Å². The average Bonchev–Trinajstić information content (AvgIpc) is 3.17. The third-order valence-corrected chi connectivity index (χ3v) is 5.84. The SMILES string of the molecule is O=C1CCN2c3ccccc3C(C3CC3)=CC3(CCCC3)N12. The highest BCUT2D eigenvalue weighted by atomic mass is 16.2. The Bertz CT molecular complexity index is 668. The Balaban J connectivity index is 1.75. The molecule has 22 heavy (non-hydrogen) atoms. The number of allylic oxidation sites excluding steroid dienone is 1. The van der Waals surface area contributed by atoms with Crippen LogP contribution < -0.4 is 5.01 Å². The van der Waals surface area contributed by atoms with E-state index >= 15 is 0 Å². The highest BCUT2D eigenvalue weighted by molar-refractivity contribution is 5.89. The number of anilines is 1. The molecule has 0 N–H and O–H groups in total. The summed E-state index contributed by atoms with van der Waals surface area (Å²) in [7, 11) is 0. The fourth-order valence-electron chi connectivity index (χ4n) is 4.71. The van der Waals surface area contributed by atoms with Gasteiger partial charge in [0.1, 0.15) is 0 Å². The Kier molecular flexibility index (Phi) is 2.53. The van der Waals surface area contributed by atoms with E-state index in [9.17, 15) is 4.79 Å². The van der Waals surface area contributed by atoms with Gasteiger partial charge >= 0.3 is 0 Å². The standard InChI is InChI=1S/C19H22N2O/c22-18-9-12-20-17-6-2-1-5-15(17)16(14-7-8-14)13-19(21(18)20)10-3-4-11-19/h1-2,5-6,13-14H,3-4,7-12H2. The molecular weight excluding hydrogens is 272 g/mol. The van der Waals surface area contributed by atoms with Crippen molar-refractivity contribution in [1.82, 2.24) is 5.01 Å². The van der Waals surface area contributed by atoms with E-state index in [4.69, 9.17) is 0 Å². The topological polar surface area (TPSA) is 23.6 Å². The number of amides is 1. The lowest BCUT2D eigenvalue weighted by Crippen LogP contribution is -2.53. The summed E-state index contributed by atoms with van der Waals surface area (Å²) >= 11 is 0. The van der Waals surface area contributed by atoms with Crippen LogP contribution in [0.2, 0.25) is 0 Å². The Morgan fingerprint density at radius 3 is 2.64 bits per heavy atom. The van der Waals surface area contributed by atoms with Crippen molar-refractivity contribution in [2.24, 2.45) is 5.92 Å². The molecule has 1 aromatic rings. The van der Waals surface area contributed by atoms with E-state index in [1.165, 1.54) is 42.5 Å². The van der Waals surface area contributed by atoms with Gasteiger partial charge in [0.15, 0.2) is 0 Å². The molecular formula is C19H22N2O. The molecule has 0 unspecified atom stereocenters. The molecule has 1 saturated heterocycles. The summed E-state index contributed by atoms with van der Waals surface area (Å²) in [5.74, 6) is 1.03. The van der Waals surface area contributed by atoms with Gasteiger partial charge in [-0.3, -0.25) is 9.80 Å². The van der Waals surface area contributed by atoms with Crippen LogP contribution in [0.25, 0.3) is 5.57 Å². The number of rotatable bonds is 1. The van der Waals surface area contributed by atoms with Crippen LogP contribution in [-0.4, -0.2) is 23.0 Å². The zero-order chi connectivity index (χ0) is 14.7. The van der Waals surface area contributed by atoms with Gasteiger partial charge in [0, 0.05) is 18.5 Å². The van der Waals surface area contributed by atoms with Crippen LogP contribution in [-0.2, 0) is 4.79 Å². The molecule has 1 aromatic carbocycles. The number of hydrazine groups is 1. The number of hydrogen-bond donors (Lipinski definition) is 0. The Hall–Kier alpha value is -1.77. The maximum atomic E-state index is 12.7. The molecule has 2 aliphatic heterocycles. The van der Waals surface area contributed by atoms with Crippen LogP contribution in [0.15, 0.2) is 30.3 Å². The van der Waals surface area contributed by atoms with E-state index in [2.05, 4.69) is 40.4 Å². The first-order valence-corrected chi connectivity index (χ1v) is 8.71. The second-order valence-corrected chi connectivity index (χ2v) is 7.28. The second-order valence-electron chi connectivity index (χ2n) is 7.28. The van der Waals surface area contributed by atoms with E-state index in [1.54, 1.807) is 0 Å². The van der Waals surface area contributed by atoms with Crippen molar-refractivity contribution in [1.29, 1.82) is 0 Å². The van der Waals surface area contributed by atoms with E-state index in [0.29, 0.717) is 12.3 Å². The Morgan fingerprint density at radius 2 is 1.86 bits per heavy atom. The number of hydrogen-bond acceptors (Lipinski definition) is 2. The fraction of sp³-hybridized carbons (Fsp3) is 0.526. The third-order valence-electron chi connectivity index (χ3n) is 5.84. The van der Waals surface area contributed by atoms with E-state index in [1.807, 2.05) is 0 Å². The minimum absolute atomic E-state index is 0.0511. The van der Waals surface area contributed by atoms with Crippen molar-refractivity contribution < 1.29 is 4.79 Å². The van der Waals surface area contributed by atoms with Gasteiger partial charge in [-0.25, -0.2) is 5.01 Å². The lowest BCUT2D eigenvalue weighted by molar-refractivity contribution is -0.132. The first kappa shape index (κ1) is 12.7. The maximum Gasteiger partial charge on any atom is 0.243 e. The quantitative estimate of drug-likeness (QED) is 0.787. The highest BCUT2D eigenvalue weighted by Crippen LogP contribution is 2.52. The molecule has 1 amide bonds. The molecule has 3 nitrogen and oxygen atoms in total.